The zero-order valence-electron chi connectivity index (χ0n) is 8.12. The van der Waals surface area contributed by atoms with Crippen LogP contribution in [-0.2, 0) is 0 Å². The summed E-state index contributed by atoms with van der Waals surface area (Å²) in [5.74, 6) is 0. The molecule has 0 fully saturated rings. The molecule has 0 saturated carbocycles. The van der Waals surface area contributed by atoms with Crippen molar-refractivity contribution < 1.29 is 0 Å². The highest BCUT2D eigenvalue weighted by Crippen LogP contribution is 2.26. The molecule has 0 heterocycles. The Morgan fingerprint density at radius 2 is 1.79 bits per heavy atom. The van der Waals surface area contributed by atoms with Gasteiger partial charge in [-0.15, -0.1) is 0 Å². The van der Waals surface area contributed by atoms with E-state index in [9.17, 15) is 0 Å². The second kappa shape index (κ2) is 3.97. The third kappa shape index (κ3) is 1.62. The van der Waals surface area contributed by atoms with Gasteiger partial charge >= 0.3 is 0 Å². The first kappa shape index (κ1) is 8.82. The molecule has 1 radical (unpaired) electrons. The fraction of sp³-hybridized carbons (Fsp3) is 0.0769. The van der Waals surface area contributed by atoms with E-state index in [0.717, 1.165) is 11.3 Å². The van der Waals surface area contributed by atoms with Gasteiger partial charge in [-0.2, -0.15) is 0 Å². The van der Waals surface area contributed by atoms with E-state index in [1.165, 1.54) is 5.56 Å². The number of anilines is 1. The van der Waals surface area contributed by atoms with Crippen LogP contribution >= 0.6 is 0 Å². The van der Waals surface area contributed by atoms with Gasteiger partial charge in [-0.05, 0) is 17.7 Å². The average Bonchev–Trinajstić information content (AvgIpc) is 2.30. The standard InChI is InChI=1S/C13H12N/c1-14-13-10-6-5-9-12(13)11-7-3-2-4-8-11/h2-7,9-10,14H,1H3. The topological polar surface area (TPSA) is 12.0 Å². The first-order valence-electron chi connectivity index (χ1n) is 4.65. The van der Waals surface area contributed by atoms with Crippen molar-refractivity contribution in [3.63, 3.8) is 0 Å². The zero-order valence-corrected chi connectivity index (χ0v) is 8.12. The molecule has 0 aromatic heterocycles. The van der Waals surface area contributed by atoms with Gasteiger partial charge in [0.25, 0.3) is 0 Å². The molecule has 0 saturated heterocycles. The molecule has 0 unspecified atom stereocenters. The quantitative estimate of drug-likeness (QED) is 0.752. The van der Waals surface area contributed by atoms with Crippen LogP contribution in [0.15, 0.2) is 48.5 Å². The van der Waals surface area contributed by atoms with Crippen LogP contribution in [0.2, 0.25) is 0 Å². The summed E-state index contributed by atoms with van der Waals surface area (Å²) in [6.45, 7) is 0. The molecular weight excluding hydrogens is 170 g/mol. The van der Waals surface area contributed by atoms with E-state index in [1.807, 2.05) is 37.4 Å². The van der Waals surface area contributed by atoms with E-state index in [1.54, 1.807) is 0 Å². The largest absolute Gasteiger partial charge is 0.388 e. The van der Waals surface area contributed by atoms with E-state index in [4.69, 9.17) is 0 Å². The molecule has 14 heavy (non-hydrogen) atoms. The SMILES string of the molecule is CNc1ccccc1-c1[c]cccc1. The summed E-state index contributed by atoms with van der Waals surface area (Å²) in [4.78, 5) is 0. The molecule has 0 atom stereocenters. The summed E-state index contributed by atoms with van der Waals surface area (Å²) in [6.07, 6.45) is 0. The Balaban J connectivity index is 2.51. The van der Waals surface area contributed by atoms with E-state index < -0.39 is 0 Å². The van der Waals surface area contributed by atoms with Crippen LogP contribution in [0.4, 0.5) is 5.69 Å². The maximum atomic E-state index is 3.22. The van der Waals surface area contributed by atoms with Gasteiger partial charge < -0.3 is 5.32 Å². The highest BCUT2D eigenvalue weighted by atomic mass is 14.8. The van der Waals surface area contributed by atoms with Crippen LogP contribution in [0.25, 0.3) is 11.1 Å². The van der Waals surface area contributed by atoms with E-state index in [2.05, 4.69) is 29.6 Å². The molecule has 0 amide bonds. The number of para-hydroxylation sites is 1. The first-order valence-corrected chi connectivity index (χ1v) is 4.65. The Labute approximate surface area is 84.4 Å². The van der Waals surface area contributed by atoms with E-state index in [-0.39, 0.29) is 0 Å². The zero-order chi connectivity index (χ0) is 9.80. The molecule has 0 aliphatic heterocycles. The molecule has 2 rings (SSSR count). The third-order valence-electron chi connectivity index (χ3n) is 2.20. The molecule has 1 nitrogen and oxygen atoms in total. The number of hydrogen-bond acceptors (Lipinski definition) is 1. The van der Waals surface area contributed by atoms with Gasteiger partial charge in [0.05, 0.1) is 0 Å². The van der Waals surface area contributed by atoms with Crippen molar-refractivity contribution in [2.75, 3.05) is 12.4 Å². The fourth-order valence-electron chi connectivity index (χ4n) is 1.50. The summed E-state index contributed by atoms with van der Waals surface area (Å²) in [6, 6.07) is 19.4. The molecule has 0 aliphatic rings. The number of benzene rings is 2. The minimum absolute atomic E-state index is 1.12. The number of nitrogens with one attached hydrogen (secondary N) is 1. The summed E-state index contributed by atoms with van der Waals surface area (Å²) < 4.78 is 0. The van der Waals surface area contributed by atoms with Crippen molar-refractivity contribution in [1.29, 1.82) is 0 Å². The summed E-state index contributed by atoms with van der Waals surface area (Å²) in [5, 5.41) is 3.17. The number of hydrogen-bond donors (Lipinski definition) is 1. The van der Waals surface area contributed by atoms with Crippen LogP contribution < -0.4 is 5.32 Å². The molecule has 2 aromatic rings. The molecule has 0 aliphatic carbocycles. The lowest BCUT2D eigenvalue weighted by atomic mass is 10.0. The van der Waals surface area contributed by atoms with Crippen molar-refractivity contribution in [3.05, 3.63) is 54.6 Å². The molecule has 1 heteroatoms. The second-order valence-electron chi connectivity index (χ2n) is 3.07. The molecule has 2 aromatic carbocycles. The molecule has 69 valence electrons. The Morgan fingerprint density at radius 1 is 1.00 bits per heavy atom. The van der Waals surface area contributed by atoms with Gasteiger partial charge in [0.2, 0.25) is 0 Å². The first-order chi connectivity index (χ1) is 6.92. The minimum Gasteiger partial charge on any atom is -0.388 e. The lowest BCUT2D eigenvalue weighted by Gasteiger charge is -2.07. The van der Waals surface area contributed by atoms with Crippen molar-refractivity contribution in [2.45, 2.75) is 0 Å². The Morgan fingerprint density at radius 3 is 2.50 bits per heavy atom. The smallest absolute Gasteiger partial charge is 0.0417 e. The maximum Gasteiger partial charge on any atom is 0.0417 e. The summed E-state index contributed by atoms with van der Waals surface area (Å²) >= 11 is 0. The van der Waals surface area contributed by atoms with Gasteiger partial charge in [-0.1, -0.05) is 42.5 Å². The lowest BCUT2D eigenvalue weighted by molar-refractivity contribution is 1.50. The maximum absolute atomic E-state index is 3.22. The van der Waals surface area contributed by atoms with Crippen molar-refractivity contribution in [1.82, 2.24) is 0 Å². The normalized spacial score (nSPS) is 9.79. The highest BCUT2D eigenvalue weighted by molar-refractivity contribution is 5.77. The van der Waals surface area contributed by atoms with Crippen LogP contribution in [0.3, 0.4) is 0 Å². The Hall–Kier alpha value is -1.76. The third-order valence-corrected chi connectivity index (χ3v) is 2.20. The predicted octanol–water partition coefficient (Wildman–Crippen LogP) is 3.20. The van der Waals surface area contributed by atoms with Gasteiger partial charge in [0.1, 0.15) is 0 Å². The second-order valence-corrected chi connectivity index (χ2v) is 3.07. The van der Waals surface area contributed by atoms with Crippen molar-refractivity contribution in [2.24, 2.45) is 0 Å². The highest BCUT2D eigenvalue weighted by Gasteiger charge is 2.00. The summed E-state index contributed by atoms with van der Waals surface area (Å²) in [5.41, 5.74) is 3.45. The minimum atomic E-state index is 1.12. The Kier molecular flexibility index (Phi) is 2.50. The van der Waals surface area contributed by atoms with Crippen LogP contribution in [0, 0.1) is 6.07 Å². The average molecular weight is 182 g/mol. The predicted molar refractivity (Wildman–Crippen MR) is 60.3 cm³/mol. The van der Waals surface area contributed by atoms with Crippen molar-refractivity contribution >= 4 is 5.69 Å². The molecule has 0 bridgehead atoms. The van der Waals surface area contributed by atoms with E-state index >= 15 is 0 Å². The number of rotatable bonds is 2. The van der Waals surface area contributed by atoms with Crippen molar-refractivity contribution in [3.8, 4) is 11.1 Å². The monoisotopic (exact) mass is 182 g/mol. The molecular formula is C13H12N. The van der Waals surface area contributed by atoms with E-state index in [0.29, 0.717) is 0 Å². The van der Waals surface area contributed by atoms with Crippen LogP contribution in [0.5, 0.6) is 0 Å². The Bertz CT molecular complexity index is 407. The van der Waals surface area contributed by atoms with Crippen LogP contribution in [-0.4, -0.2) is 7.05 Å². The van der Waals surface area contributed by atoms with Gasteiger partial charge in [0.15, 0.2) is 0 Å². The van der Waals surface area contributed by atoms with Gasteiger partial charge in [-0.25, -0.2) is 0 Å². The van der Waals surface area contributed by atoms with Gasteiger partial charge in [-0.3, -0.25) is 0 Å². The molecule has 0 spiro atoms. The molecule has 1 N–H and O–H groups in total. The lowest BCUT2D eigenvalue weighted by Crippen LogP contribution is -1.90. The summed E-state index contributed by atoms with van der Waals surface area (Å²) in [7, 11) is 1.93. The van der Waals surface area contributed by atoms with Crippen LogP contribution in [0.1, 0.15) is 0 Å². The van der Waals surface area contributed by atoms with Gasteiger partial charge in [0, 0.05) is 18.3 Å². The fourth-order valence-corrected chi connectivity index (χ4v) is 1.50.